The van der Waals surface area contributed by atoms with E-state index in [1.54, 1.807) is 20.3 Å². The second-order valence-electron chi connectivity index (χ2n) is 18.9. The molecule has 76 heavy (non-hydrogen) atoms. The lowest BCUT2D eigenvalue weighted by Gasteiger charge is -2.08. The number of alkyl halides is 3. The highest BCUT2D eigenvalue weighted by Crippen LogP contribution is 2.31. The number of halogens is 3. The molecule has 10 aromatic carbocycles. The van der Waals surface area contributed by atoms with Crippen LogP contribution in [0.15, 0.2) is 224 Å². The van der Waals surface area contributed by atoms with Crippen LogP contribution >= 0.6 is 0 Å². The van der Waals surface area contributed by atoms with Crippen LogP contribution < -0.4 is 9.47 Å². The van der Waals surface area contributed by atoms with E-state index in [9.17, 15) is 13.2 Å². The van der Waals surface area contributed by atoms with E-state index in [2.05, 4.69) is 233 Å². The molecule has 396 valence electrons. The first kappa shape index (κ1) is 62.4. The van der Waals surface area contributed by atoms with Crippen molar-refractivity contribution in [1.29, 1.82) is 0 Å². The Hall–Kier alpha value is -7.89. The molecule has 0 radical (unpaired) electrons. The van der Waals surface area contributed by atoms with Crippen LogP contribution in [0.2, 0.25) is 0 Å². The van der Waals surface area contributed by atoms with E-state index in [1.165, 1.54) is 102 Å². The molecule has 0 saturated heterocycles. The lowest BCUT2D eigenvalue weighted by atomic mass is 10.1. The molecule has 10 aromatic rings. The zero-order chi connectivity index (χ0) is 56.0. The van der Waals surface area contributed by atoms with Crippen LogP contribution in [0.1, 0.15) is 72.3 Å². The Kier molecular flexibility index (Phi) is 27.2. The van der Waals surface area contributed by atoms with Crippen molar-refractivity contribution in [2.24, 2.45) is 0 Å². The van der Waals surface area contributed by atoms with Crippen LogP contribution in [0.3, 0.4) is 0 Å². The lowest BCUT2D eigenvalue weighted by Crippen LogP contribution is -2.06. The number of hydrogen-bond acceptors (Lipinski definition) is 2. The van der Waals surface area contributed by atoms with E-state index in [1.807, 2.05) is 43.3 Å². The maximum Gasteiger partial charge on any atom is 0.416 e. The summed E-state index contributed by atoms with van der Waals surface area (Å²) in [6, 6.07) is 74.8. The maximum absolute atomic E-state index is 12.0. The highest BCUT2D eigenvalue weighted by Gasteiger charge is 2.31. The van der Waals surface area contributed by atoms with Gasteiger partial charge in [-0.3, -0.25) is 0 Å². The van der Waals surface area contributed by atoms with Gasteiger partial charge < -0.3 is 9.47 Å². The average Bonchev–Trinajstić information content (AvgIpc) is 3.39. The lowest BCUT2D eigenvalue weighted by molar-refractivity contribution is -0.138. The molecule has 0 aliphatic carbocycles. The molecule has 0 fully saturated rings. The summed E-state index contributed by atoms with van der Waals surface area (Å²) < 4.78 is 46.3. The van der Waals surface area contributed by atoms with E-state index in [-0.39, 0.29) is 5.56 Å². The normalized spacial score (nSPS) is 9.91. The van der Waals surface area contributed by atoms with Gasteiger partial charge in [0.25, 0.3) is 0 Å². The molecule has 0 amide bonds. The average molecular weight is 1020 g/mol. The Balaban J connectivity index is 0.000000230. The maximum atomic E-state index is 12.0. The van der Waals surface area contributed by atoms with Gasteiger partial charge in [-0.25, -0.2) is 0 Å². The smallest absolute Gasteiger partial charge is 0.416 e. The Bertz CT molecular complexity index is 3090. The molecule has 0 heterocycles. The van der Waals surface area contributed by atoms with Gasteiger partial charge in [-0.1, -0.05) is 239 Å². The third-order valence-electron chi connectivity index (χ3n) is 11.7. The summed E-state index contributed by atoms with van der Waals surface area (Å²) >= 11 is 0. The van der Waals surface area contributed by atoms with Crippen molar-refractivity contribution in [3.05, 3.63) is 297 Å². The quantitative estimate of drug-likeness (QED) is 0.172. The molecular weight excluding hydrogens is 942 g/mol. The molecule has 0 aliphatic heterocycles. The number of para-hydroxylation sites is 1. The molecule has 0 spiro atoms. The summed E-state index contributed by atoms with van der Waals surface area (Å²) in [5.74, 6) is 1.90. The summed E-state index contributed by atoms with van der Waals surface area (Å²) in [6.07, 6.45) is -4.22. The highest BCUT2D eigenvalue weighted by atomic mass is 19.4. The van der Waals surface area contributed by atoms with Gasteiger partial charge in [0, 0.05) is 0 Å². The van der Waals surface area contributed by atoms with Gasteiger partial charge in [0.1, 0.15) is 11.5 Å². The molecule has 0 saturated carbocycles. The fourth-order valence-electron chi connectivity index (χ4n) is 7.50. The van der Waals surface area contributed by atoms with Gasteiger partial charge in [0.15, 0.2) is 0 Å². The Labute approximate surface area is 453 Å². The van der Waals surface area contributed by atoms with Crippen molar-refractivity contribution in [2.75, 3.05) is 14.2 Å². The standard InChI is InChI=1S/2C11H10.C9H12O.C8H7F3.C8H10O.3C8H10/c1-9-5-4-7-10-6-2-3-8-11(9)10;1-9-6-7-10-4-2-3-5-11(10)8-9;1-7-4-8(2)6-9(5-7)10-3;1-6-4-2-3-5-7(6)8(9,10)11;1-7-5-3-4-6-8(7)9-2;2*1-7-3-5-8(2)6-4-7;1-7-4-3-5-8(2)6-7/h2*2-8H,1H3;4-6H,1-3H3;2-5H,1H3;3-6H,1-2H3;3*3-6H,1-2H3. The Morgan fingerprint density at radius 1 is 0.276 bits per heavy atom. The minimum atomic E-state index is -4.22. The van der Waals surface area contributed by atoms with Crippen molar-refractivity contribution in [2.45, 2.75) is 89.3 Å². The first-order chi connectivity index (χ1) is 36.2. The van der Waals surface area contributed by atoms with Gasteiger partial charge in [-0.2, -0.15) is 13.2 Å². The van der Waals surface area contributed by atoms with Crippen LogP contribution in [0, 0.1) is 83.1 Å². The van der Waals surface area contributed by atoms with Gasteiger partial charge in [-0.15, -0.1) is 0 Å². The molecular formula is C71H79F3O2. The molecule has 0 bridgehead atoms. The summed E-state index contributed by atoms with van der Waals surface area (Å²) in [7, 11) is 3.37. The second-order valence-corrected chi connectivity index (χ2v) is 18.9. The summed E-state index contributed by atoms with van der Waals surface area (Å²) in [6.45, 7) is 24.5. The molecule has 0 unspecified atom stereocenters. The van der Waals surface area contributed by atoms with Crippen molar-refractivity contribution in [3.8, 4) is 11.5 Å². The van der Waals surface area contributed by atoms with E-state index < -0.39 is 11.7 Å². The molecule has 10 rings (SSSR count). The predicted octanol–water partition coefficient (Wildman–Crippen LogP) is 20.5. The monoisotopic (exact) mass is 1020 g/mol. The van der Waals surface area contributed by atoms with E-state index in [0.717, 1.165) is 17.6 Å². The van der Waals surface area contributed by atoms with Crippen molar-refractivity contribution >= 4 is 21.5 Å². The number of fused-ring (bicyclic) bond motifs is 2. The Morgan fingerprint density at radius 3 is 1.08 bits per heavy atom. The topological polar surface area (TPSA) is 18.5 Å². The van der Waals surface area contributed by atoms with E-state index in [0.29, 0.717) is 0 Å². The molecule has 0 N–H and O–H groups in total. The number of benzene rings is 10. The summed E-state index contributed by atoms with van der Waals surface area (Å²) in [4.78, 5) is 0. The highest BCUT2D eigenvalue weighted by molar-refractivity contribution is 5.85. The number of hydrogen-bond donors (Lipinski definition) is 0. The molecule has 2 nitrogen and oxygen atoms in total. The third kappa shape index (κ3) is 24.4. The van der Waals surface area contributed by atoms with Crippen molar-refractivity contribution in [3.63, 3.8) is 0 Å². The van der Waals surface area contributed by atoms with Crippen molar-refractivity contribution < 1.29 is 22.6 Å². The Morgan fingerprint density at radius 2 is 0.658 bits per heavy atom. The number of methoxy groups -OCH3 is 2. The van der Waals surface area contributed by atoms with Gasteiger partial charge in [-0.05, 0) is 157 Å². The summed E-state index contributed by atoms with van der Waals surface area (Å²) in [5.41, 5.74) is 14.0. The molecule has 0 aliphatic rings. The first-order valence-corrected chi connectivity index (χ1v) is 25.5. The SMILES string of the molecule is COc1cc(C)cc(C)c1.COc1ccccc1C.Cc1ccc(C)cc1.Cc1ccc(C)cc1.Cc1ccc2ccccc2c1.Cc1cccc(C)c1.Cc1cccc2ccccc12.Cc1ccccc1C(F)(F)F. The van der Waals surface area contributed by atoms with E-state index in [4.69, 9.17) is 9.47 Å². The minimum Gasteiger partial charge on any atom is -0.497 e. The first-order valence-electron chi connectivity index (χ1n) is 25.5. The minimum absolute atomic E-state index is 0.264. The predicted molar refractivity (Wildman–Crippen MR) is 321 cm³/mol. The van der Waals surface area contributed by atoms with Gasteiger partial charge in [0.2, 0.25) is 0 Å². The molecule has 5 heteroatoms. The van der Waals surface area contributed by atoms with Crippen LogP contribution in [-0.2, 0) is 6.18 Å². The largest absolute Gasteiger partial charge is 0.497 e. The fourth-order valence-corrected chi connectivity index (χ4v) is 7.50. The zero-order valence-electron chi connectivity index (χ0n) is 47.3. The summed E-state index contributed by atoms with van der Waals surface area (Å²) in [5, 5.41) is 5.33. The van der Waals surface area contributed by atoms with E-state index >= 15 is 0 Å². The third-order valence-corrected chi connectivity index (χ3v) is 11.7. The fraction of sp³-hybridized carbons (Fsp3) is 0.211. The molecule has 0 atom stereocenters. The van der Waals surface area contributed by atoms with Crippen molar-refractivity contribution in [1.82, 2.24) is 0 Å². The number of aryl methyl sites for hydroxylation is 12. The second kappa shape index (κ2) is 33.1. The van der Waals surface area contributed by atoms with Gasteiger partial charge >= 0.3 is 6.18 Å². The van der Waals surface area contributed by atoms with Crippen LogP contribution in [0.4, 0.5) is 13.2 Å². The molecule has 0 aromatic heterocycles. The van der Waals surface area contributed by atoms with Gasteiger partial charge in [0.05, 0.1) is 19.8 Å². The zero-order valence-corrected chi connectivity index (χ0v) is 47.3. The van der Waals surface area contributed by atoms with Crippen LogP contribution in [-0.4, -0.2) is 14.2 Å². The number of ether oxygens (including phenoxy) is 2. The number of rotatable bonds is 2. The van der Waals surface area contributed by atoms with Crippen LogP contribution in [0.5, 0.6) is 11.5 Å². The van der Waals surface area contributed by atoms with Crippen LogP contribution in [0.25, 0.3) is 21.5 Å².